The summed E-state index contributed by atoms with van der Waals surface area (Å²) in [5, 5.41) is 3.16. The van der Waals surface area contributed by atoms with Gasteiger partial charge in [-0.15, -0.1) is 0 Å². The first-order valence-corrected chi connectivity index (χ1v) is 5.78. The lowest BCUT2D eigenvalue weighted by Gasteiger charge is -2.21. The van der Waals surface area contributed by atoms with Gasteiger partial charge in [-0.1, -0.05) is 12.1 Å². The van der Waals surface area contributed by atoms with E-state index in [0.29, 0.717) is 0 Å². The van der Waals surface area contributed by atoms with E-state index in [4.69, 9.17) is 4.74 Å². The zero-order valence-corrected chi connectivity index (χ0v) is 10.5. The SMILES string of the molecule is CNCCCCN(C)c1ccccc1OC. The fraction of sp³-hybridized carbons (Fsp3) is 0.538. The molecule has 0 bridgehead atoms. The lowest BCUT2D eigenvalue weighted by atomic mass is 10.2. The van der Waals surface area contributed by atoms with Gasteiger partial charge in [0.1, 0.15) is 5.75 Å². The van der Waals surface area contributed by atoms with Crippen molar-refractivity contribution in [1.29, 1.82) is 0 Å². The first-order chi connectivity index (χ1) is 7.79. The van der Waals surface area contributed by atoms with Gasteiger partial charge in [-0.25, -0.2) is 0 Å². The van der Waals surface area contributed by atoms with Crippen LogP contribution in [0.2, 0.25) is 0 Å². The van der Waals surface area contributed by atoms with Crippen LogP contribution in [0.3, 0.4) is 0 Å². The Morgan fingerprint density at radius 1 is 1.25 bits per heavy atom. The van der Waals surface area contributed by atoms with Gasteiger partial charge in [-0.2, -0.15) is 0 Å². The van der Waals surface area contributed by atoms with Gasteiger partial charge in [0.15, 0.2) is 0 Å². The highest BCUT2D eigenvalue weighted by atomic mass is 16.5. The van der Waals surface area contributed by atoms with Crippen LogP contribution >= 0.6 is 0 Å². The van der Waals surface area contributed by atoms with Gasteiger partial charge in [-0.3, -0.25) is 0 Å². The van der Waals surface area contributed by atoms with Crippen LogP contribution in [0, 0.1) is 0 Å². The molecule has 3 heteroatoms. The predicted molar refractivity (Wildman–Crippen MR) is 69.4 cm³/mol. The number of methoxy groups -OCH3 is 1. The molecule has 0 aromatic heterocycles. The minimum absolute atomic E-state index is 0.943. The molecule has 0 saturated heterocycles. The van der Waals surface area contributed by atoms with Crippen molar-refractivity contribution >= 4 is 5.69 Å². The van der Waals surface area contributed by atoms with Crippen LogP contribution < -0.4 is 15.0 Å². The van der Waals surface area contributed by atoms with E-state index < -0.39 is 0 Å². The number of benzene rings is 1. The van der Waals surface area contributed by atoms with Crippen molar-refractivity contribution in [3.63, 3.8) is 0 Å². The Morgan fingerprint density at radius 3 is 2.69 bits per heavy atom. The number of nitrogens with one attached hydrogen (secondary N) is 1. The molecule has 0 radical (unpaired) electrons. The highest BCUT2D eigenvalue weighted by Crippen LogP contribution is 2.26. The zero-order valence-electron chi connectivity index (χ0n) is 10.5. The lowest BCUT2D eigenvalue weighted by Crippen LogP contribution is -2.20. The van der Waals surface area contributed by atoms with Gasteiger partial charge in [0.25, 0.3) is 0 Å². The summed E-state index contributed by atoms with van der Waals surface area (Å²) in [5.74, 6) is 0.943. The second kappa shape index (κ2) is 7.12. The Hall–Kier alpha value is -1.22. The lowest BCUT2D eigenvalue weighted by molar-refractivity contribution is 0.414. The van der Waals surface area contributed by atoms with Gasteiger partial charge in [0, 0.05) is 13.6 Å². The van der Waals surface area contributed by atoms with E-state index in [2.05, 4.69) is 23.3 Å². The van der Waals surface area contributed by atoms with Crippen LogP contribution in [0.1, 0.15) is 12.8 Å². The van der Waals surface area contributed by atoms with Crippen molar-refractivity contribution in [1.82, 2.24) is 5.32 Å². The Balaban J connectivity index is 2.48. The molecule has 0 aliphatic rings. The summed E-state index contributed by atoms with van der Waals surface area (Å²) >= 11 is 0. The van der Waals surface area contributed by atoms with Crippen LogP contribution in [0.25, 0.3) is 0 Å². The maximum atomic E-state index is 5.34. The molecule has 0 aliphatic heterocycles. The Morgan fingerprint density at radius 2 is 2.00 bits per heavy atom. The Labute approximate surface area is 98.4 Å². The third kappa shape index (κ3) is 3.74. The number of ether oxygens (including phenoxy) is 1. The summed E-state index contributed by atoms with van der Waals surface area (Å²) in [6.07, 6.45) is 2.39. The minimum Gasteiger partial charge on any atom is -0.495 e. The minimum atomic E-state index is 0.943. The second-order valence-corrected chi connectivity index (χ2v) is 3.90. The number of rotatable bonds is 7. The third-order valence-corrected chi connectivity index (χ3v) is 2.67. The average Bonchev–Trinajstić information content (AvgIpc) is 2.34. The molecule has 0 amide bonds. The van der Waals surface area contributed by atoms with Crippen molar-refractivity contribution < 1.29 is 4.74 Å². The van der Waals surface area contributed by atoms with Crippen molar-refractivity contribution in [3.05, 3.63) is 24.3 Å². The summed E-state index contributed by atoms with van der Waals surface area (Å²) in [6, 6.07) is 8.13. The second-order valence-electron chi connectivity index (χ2n) is 3.90. The average molecular weight is 222 g/mol. The van der Waals surface area contributed by atoms with E-state index in [9.17, 15) is 0 Å². The van der Waals surface area contributed by atoms with E-state index in [1.54, 1.807) is 7.11 Å². The zero-order chi connectivity index (χ0) is 11.8. The van der Waals surface area contributed by atoms with E-state index in [-0.39, 0.29) is 0 Å². The van der Waals surface area contributed by atoms with Crippen LogP contribution in [0.4, 0.5) is 5.69 Å². The van der Waals surface area contributed by atoms with E-state index in [1.807, 2.05) is 25.2 Å². The monoisotopic (exact) mass is 222 g/mol. The molecule has 1 aromatic carbocycles. The van der Waals surface area contributed by atoms with Gasteiger partial charge < -0.3 is 15.0 Å². The third-order valence-electron chi connectivity index (χ3n) is 2.67. The molecule has 0 unspecified atom stereocenters. The Bertz CT molecular complexity index is 302. The van der Waals surface area contributed by atoms with E-state index in [1.165, 1.54) is 12.8 Å². The van der Waals surface area contributed by atoms with Gasteiger partial charge in [0.05, 0.1) is 12.8 Å². The largest absolute Gasteiger partial charge is 0.495 e. The van der Waals surface area contributed by atoms with Crippen LogP contribution in [0.5, 0.6) is 5.75 Å². The van der Waals surface area contributed by atoms with Crippen molar-refractivity contribution in [2.75, 3.05) is 39.2 Å². The number of hydrogen-bond acceptors (Lipinski definition) is 3. The summed E-state index contributed by atoms with van der Waals surface area (Å²) in [6.45, 7) is 2.14. The van der Waals surface area contributed by atoms with E-state index in [0.717, 1.165) is 24.5 Å². The standard InChI is InChI=1S/C13H22N2O/c1-14-10-6-7-11-15(2)12-8-4-5-9-13(12)16-3/h4-5,8-9,14H,6-7,10-11H2,1-3H3. The van der Waals surface area contributed by atoms with Crippen molar-refractivity contribution in [2.24, 2.45) is 0 Å². The number of anilines is 1. The molecule has 0 atom stereocenters. The number of nitrogens with zero attached hydrogens (tertiary/aromatic N) is 1. The van der Waals surface area contributed by atoms with Crippen LogP contribution in [-0.4, -0.2) is 34.3 Å². The maximum absolute atomic E-state index is 5.34. The fourth-order valence-corrected chi connectivity index (χ4v) is 1.72. The normalized spacial score (nSPS) is 10.2. The summed E-state index contributed by atoms with van der Waals surface area (Å²) in [4.78, 5) is 2.24. The predicted octanol–water partition coefficient (Wildman–Crippen LogP) is 2.13. The quantitative estimate of drug-likeness (QED) is 0.715. The van der Waals surface area contributed by atoms with Gasteiger partial charge in [-0.05, 0) is 38.6 Å². The molecule has 1 N–H and O–H groups in total. The molecule has 0 saturated carbocycles. The number of para-hydroxylation sites is 2. The molecule has 0 aliphatic carbocycles. The molecular weight excluding hydrogens is 200 g/mol. The molecule has 0 fully saturated rings. The molecule has 1 aromatic rings. The van der Waals surface area contributed by atoms with Crippen molar-refractivity contribution in [3.8, 4) is 5.75 Å². The summed E-state index contributed by atoms with van der Waals surface area (Å²) < 4.78 is 5.34. The van der Waals surface area contributed by atoms with E-state index >= 15 is 0 Å². The maximum Gasteiger partial charge on any atom is 0.142 e. The summed E-state index contributed by atoms with van der Waals surface area (Å²) in [5.41, 5.74) is 1.16. The molecule has 0 heterocycles. The molecule has 1 rings (SSSR count). The fourth-order valence-electron chi connectivity index (χ4n) is 1.72. The van der Waals surface area contributed by atoms with Crippen LogP contribution in [-0.2, 0) is 0 Å². The smallest absolute Gasteiger partial charge is 0.142 e. The first-order valence-electron chi connectivity index (χ1n) is 5.78. The molecule has 16 heavy (non-hydrogen) atoms. The van der Waals surface area contributed by atoms with Crippen LogP contribution in [0.15, 0.2) is 24.3 Å². The van der Waals surface area contributed by atoms with Crippen molar-refractivity contribution in [2.45, 2.75) is 12.8 Å². The highest BCUT2D eigenvalue weighted by Gasteiger charge is 2.05. The molecule has 0 spiro atoms. The van der Waals surface area contributed by atoms with Gasteiger partial charge >= 0.3 is 0 Å². The Kier molecular flexibility index (Phi) is 5.72. The van der Waals surface area contributed by atoms with Gasteiger partial charge in [0.2, 0.25) is 0 Å². The first kappa shape index (κ1) is 12.8. The highest BCUT2D eigenvalue weighted by molar-refractivity contribution is 5.57. The molecule has 90 valence electrons. The molecular formula is C13H22N2O. The summed E-state index contributed by atoms with van der Waals surface area (Å²) in [7, 11) is 5.81. The number of unbranched alkanes of at least 4 members (excludes halogenated alkanes) is 1. The number of hydrogen-bond donors (Lipinski definition) is 1. The molecule has 3 nitrogen and oxygen atoms in total. The topological polar surface area (TPSA) is 24.5 Å².